The fourth-order valence-corrected chi connectivity index (χ4v) is 2.24. The van der Waals surface area contributed by atoms with Crippen molar-refractivity contribution in [1.82, 2.24) is 10.9 Å². The van der Waals surface area contributed by atoms with Gasteiger partial charge in [0, 0.05) is 11.5 Å². The van der Waals surface area contributed by atoms with Gasteiger partial charge in [0.2, 0.25) is 0 Å². The van der Waals surface area contributed by atoms with Gasteiger partial charge in [0.05, 0.1) is 6.04 Å². The van der Waals surface area contributed by atoms with E-state index in [1.165, 1.54) is 0 Å². The molecule has 0 aromatic heterocycles. The summed E-state index contributed by atoms with van der Waals surface area (Å²) in [7, 11) is 0. The zero-order valence-corrected chi connectivity index (χ0v) is 9.64. The number of benzene rings is 1. The average molecular weight is 281 g/mol. The standard InChI is InChI=1S/C11H12F5N3/c12-5-1-2-8(13)6(3-5)9-7(4-17)10(19-18-9)11(14,15)16/h1-3,7,9-10,18-19H,4,17H2. The molecule has 0 radical (unpaired) electrons. The van der Waals surface area contributed by atoms with Gasteiger partial charge >= 0.3 is 6.18 Å². The van der Waals surface area contributed by atoms with Gasteiger partial charge < -0.3 is 5.73 Å². The summed E-state index contributed by atoms with van der Waals surface area (Å²) in [6, 6.07) is -0.283. The Morgan fingerprint density at radius 2 is 1.84 bits per heavy atom. The van der Waals surface area contributed by atoms with Gasteiger partial charge in [-0.15, -0.1) is 0 Å². The second-order valence-electron chi connectivity index (χ2n) is 4.35. The largest absolute Gasteiger partial charge is 0.405 e. The van der Waals surface area contributed by atoms with Crippen LogP contribution in [0.15, 0.2) is 18.2 Å². The molecule has 1 fully saturated rings. The summed E-state index contributed by atoms with van der Waals surface area (Å²) in [6.07, 6.45) is -4.52. The predicted octanol–water partition coefficient (Wildman–Crippen LogP) is 1.62. The SMILES string of the molecule is NCC1C(c2cc(F)ccc2F)NNC1C(F)(F)F. The van der Waals surface area contributed by atoms with Crippen LogP contribution < -0.4 is 16.6 Å². The van der Waals surface area contributed by atoms with E-state index in [2.05, 4.69) is 5.43 Å². The molecule has 106 valence electrons. The third kappa shape index (κ3) is 2.70. The van der Waals surface area contributed by atoms with Gasteiger partial charge in [0.1, 0.15) is 17.7 Å². The van der Waals surface area contributed by atoms with Crippen LogP contribution in [0.5, 0.6) is 0 Å². The lowest BCUT2D eigenvalue weighted by atomic mass is 9.89. The molecule has 3 unspecified atom stereocenters. The molecule has 0 saturated carbocycles. The van der Waals surface area contributed by atoms with Crippen molar-refractivity contribution in [3.63, 3.8) is 0 Å². The highest BCUT2D eigenvalue weighted by Gasteiger charge is 2.51. The molecule has 8 heteroatoms. The Hall–Kier alpha value is -1.25. The number of alkyl halides is 3. The first kappa shape index (κ1) is 14.2. The number of hydrogen-bond donors (Lipinski definition) is 3. The molecule has 1 heterocycles. The van der Waals surface area contributed by atoms with E-state index < -0.39 is 35.8 Å². The molecule has 4 N–H and O–H groups in total. The molecule has 19 heavy (non-hydrogen) atoms. The van der Waals surface area contributed by atoms with Crippen molar-refractivity contribution in [1.29, 1.82) is 0 Å². The summed E-state index contributed by atoms with van der Waals surface area (Å²) in [6.45, 7) is -0.315. The van der Waals surface area contributed by atoms with Crippen molar-refractivity contribution in [2.24, 2.45) is 11.7 Å². The smallest absolute Gasteiger partial charge is 0.330 e. The fraction of sp³-hybridized carbons (Fsp3) is 0.455. The van der Waals surface area contributed by atoms with E-state index >= 15 is 0 Å². The highest BCUT2D eigenvalue weighted by atomic mass is 19.4. The summed E-state index contributed by atoms with van der Waals surface area (Å²) in [5.74, 6) is -2.61. The minimum absolute atomic E-state index is 0.172. The van der Waals surface area contributed by atoms with Crippen molar-refractivity contribution in [2.75, 3.05) is 6.54 Å². The number of hydrogen-bond acceptors (Lipinski definition) is 3. The van der Waals surface area contributed by atoms with Gasteiger partial charge in [-0.25, -0.2) is 19.6 Å². The molecule has 0 amide bonds. The molecular weight excluding hydrogens is 269 g/mol. The Bertz CT molecular complexity index is 462. The maximum Gasteiger partial charge on any atom is 0.405 e. The van der Waals surface area contributed by atoms with Crippen LogP contribution >= 0.6 is 0 Å². The lowest BCUT2D eigenvalue weighted by Gasteiger charge is -2.23. The third-order valence-electron chi connectivity index (χ3n) is 3.17. The predicted molar refractivity (Wildman–Crippen MR) is 57.8 cm³/mol. The van der Waals surface area contributed by atoms with Gasteiger partial charge in [-0.2, -0.15) is 13.2 Å². The summed E-state index contributed by atoms with van der Waals surface area (Å²) in [5.41, 5.74) is 9.56. The zero-order valence-electron chi connectivity index (χ0n) is 9.64. The van der Waals surface area contributed by atoms with Gasteiger partial charge in [-0.3, -0.25) is 0 Å². The molecule has 1 aliphatic heterocycles. The molecule has 1 saturated heterocycles. The number of rotatable bonds is 2. The second kappa shape index (κ2) is 5.03. The zero-order chi connectivity index (χ0) is 14.2. The molecule has 0 spiro atoms. The fourth-order valence-electron chi connectivity index (χ4n) is 2.24. The lowest BCUT2D eigenvalue weighted by molar-refractivity contribution is -0.161. The summed E-state index contributed by atoms with van der Waals surface area (Å²) >= 11 is 0. The molecule has 3 nitrogen and oxygen atoms in total. The van der Waals surface area contributed by atoms with Crippen LogP contribution in [-0.4, -0.2) is 18.8 Å². The maximum absolute atomic E-state index is 13.6. The number of nitrogens with two attached hydrogens (primary N) is 1. The van der Waals surface area contributed by atoms with Crippen LogP contribution in [0.4, 0.5) is 22.0 Å². The Labute approximate surface area is 105 Å². The van der Waals surface area contributed by atoms with Crippen LogP contribution in [0.3, 0.4) is 0 Å². The average Bonchev–Trinajstić information content (AvgIpc) is 2.75. The number of halogens is 5. The first-order chi connectivity index (χ1) is 8.84. The number of hydrazine groups is 1. The van der Waals surface area contributed by atoms with Crippen molar-refractivity contribution in [3.05, 3.63) is 35.4 Å². The highest BCUT2D eigenvalue weighted by molar-refractivity contribution is 5.25. The molecule has 1 aromatic carbocycles. The van der Waals surface area contributed by atoms with Crippen molar-refractivity contribution in [2.45, 2.75) is 18.3 Å². The molecular formula is C11H12F5N3. The lowest BCUT2D eigenvalue weighted by Crippen LogP contribution is -2.45. The van der Waals surface area contributed by atoms with Crippen molar-refractivity contribution in [3.8, 4) is 0 Å². The van der Waals surface area contributed by atoms with Crippen LogP contribution in [0.1, 0.15) is 11.6 Å². The van der Waals surface area contributed by atoms with E-state index in [1.807, 2.05) is 5.43 Å². The van der Waals surface area contributed by atoms with Crippen molar-refractivity contribution >= 4 is 0 Å². The molecule has 0 aliphatic carbocycles. The van der Waals surface area contributed by atoms with E-state index in [-0.39, 0.29) is 12.1 Å². The minimum atomic E-state index is -4.52. The van der Waals surface area contributed by atoms with Gasteiger partial charge in [-0.05, 0) is 24.7 Å². The Morgan fingerprint density at radius 3 is 2.42 bits per heavy atom. The quantitative estimate of drug-likeness (QED) is 0.722. The molecule has 1 aromatic rings. The maximum atomic E-state index is 13.6. The minimum Gasteiger partial charge on any atom is -0.330 e. The Morgan fingerprint density at radius 1 is 1.16 bits per heavy atom. The van der Waals surface area contributed by atoms with E-state index in [4.69, 9.17) is 5.73 Å². The first-order valence-corrected chi connectivity index (χ1v) is 5.57. The van der Waals surface area contributed by atoms with Crippen LogP contribution in [-0.2, 0) is 0 Å². The molecule has 3 atom stereocenters. The Balaban J connectivity index is 2.33. The molecule has 1 aliphatic rings. The van der Waals surface area contributed by atoms with E-state index in [9.17, 15) is 22.0 Å². The van der Waals surface area contributed by atoms with E-state index in [0.717, 1.165) is 18.2 Å². The van der Waals surface area contributed by atoms with Crippen molar-refractivity contribution < 1.29 is 22.0 Å². The molecule has 2 rings (SSSR count). The van der Waals surface area contributed by atoms with E-state index in [1.54, 1.807) is 0 Å². The normalized spacial score (nSPS) is 27.8. The second-order valence-corrected chi connectivity index (χ2v) is 4.35. The van der Waals surface area contributed by atoms with Gasteiger partial charge in [0.25, 0.3) is 0 Å². The van der Waals surface area contributed by atoms with Gasteiger partial charge in [-0.1, -0.05) is 0 Å². The van der Waals surface area contributed by atoms with E-state index in [0.29, 0.717) is 0 Å². The van der Waals surface area contributed by atoms with Crippen LogP contribution in [0.2, 0.25) is 0 Å². The Kier molecular flexibility index (Phi) is 3.75. The molecule has 0 bridgehead atoms. The topological polar surface area (TPSA) is 50.1 Å². The summed E-state index contributed by atoms with van der Waals surface area (Å²) in [5, 5.41) is 0. The first-order valence-electron chi connectivity index (χ1n) is 5.57. The highest BCUT2D eigenvalue weighted by Crippen LogP contribution is 2.37. The summed E-state index contributed by atoms with van der Waals surface area (Å²) < 4.78 is 64.9. The van der Waals surface area contributed by atoms with Crippen LogP contribution in [0, 0.1) is 17.6 Å². The van der Waals surface area contributed by atoms with Crippen LogP contribution in [0.25, 0.3) is 0 Å². The monoisotopic (exact) mass is 281 g/mol. The summed E-state index contributed by atoms with van der Waals surface area (Å²) in [4.78, 5) is 0. The number of nitrogens with one attached hydrogen (secondary N) is 2. The van der Waals surface area contributed by atoms with Gasteiger partial charge in [0.15, 0.2) is 0 Å². The third-order valence-corrected chi connectivity index (χ3v) is 3.17.